The molecule has 0 bridgehead atoms. The summed E-state index contributed by atoms with van der Waals surface area (Å²) >= 11 is 0. The van der Waals surface area contributed by atoms with Crippen molar-refractivity contribution in [2.24, 2.45) is 5.41 Å². The number of rotatable bonds is 3. The molecular formula is C21H21NO4. The van der Waals surface area contributed by atoms with E-state index < -0.39 is 5.41 Å². The van der Waals surface area contributed by atoms with E-state index in [4.69, 9.17) is 9.15 Å². The highest BCUT2D eigenvalue weighted by atomic mass is 16.5. The second-order valence-corrected chi connectivity index (χ2v) is 7.12. The molecule has 0 spiro atoms. The first-order chi connectivity index (χ1) is 12.3. The van der Waals surface area contributed by atoms with Crippen molar-refractivity contribution in [3.05, 3.63) is 58.8 Å². The van der Waals surface area contributed by atoms with Crippen molar-refractivity contribution < 1.29 is 13.9 Å². The number of hydrogen-bond acceptors (Lipinski definition) is 4. The lowest BCUT2D eigenvalue weighted by molar-refractivity contribution is -0.123. The lowest BCUT2D eigenvalue weighted by Crippen LogP contribution is -2.27. The molecule has 0 radical (unpaired) electrons. The van der Waals surface area contributed by atoms with E-state index in [1.165, 1.54) is 6.07 Å². The number of benzene rings is 2. The van der Waals surface area contributed by atoms with Crippen LogP contribution in [0.4, 0.5) is 5.69 Å². The molecule has 1 amide bonds. The van der Waals surface area contributed by atoms with Crippen LogP contribution >= 0.6 is 0 Å². The maximum Gasteiger partial charge on any atom is 0.229 e. The molecule has 0 fully saturated rings. The Morgan fingerprint density at radius 1 is 1.04 bits per heavy atom. The van der Waals surface area contributed by atoms with E-state index in [-0.39, 0.29) is 11.3 Å². The van der Waals surface area contributed by atoms with E-state index in [9.17, 15) is 9.59 Å². The molecule has 3 aromatic rings. The van der Waals surface area contributed by atoms with Gasteiger partial charge in [-0.1, -0.05) is 20.8 Å². The van der Waals surface area contributed by atoms with Crippen LogP contribution < -0.4 is 15.5 Å². The fourth-order valence-corrected chi connectivity index (χ4v) is 2.44. The smallest absolute Gasteiger partial charge is 0.229 e. The van der Waals surface area contributed by atoms with Gasteiger partial charge >= 0.3 is 0 Å². The highest BCUT2D eigenvalue weighted by molar-refractivity contribution is 5.94. The SMILES string of the molecule is COc1ccc2oc(-c3ccc(NC(=O)C(C)(C)C)cc3)cc(=O)c2c1. The normalized spacial score (nSPS) is 11.4. The van der Waals surface area contributed by atoms with Crippen LogP contribution in [0.3, 0.4) is 0 Å². The predicted molar refractivity (Wildman–Crippen MR) is 103 cm³/mol. The lowest BCUT2D eigenvalue weighted by Gasteiger charge is -2.17. The average molecular weight is 351 g/mol. The van der Waals surface area contributed by atoms with Gasteiger partial charge in [0, 0.05) is 22.7 Å². The topological polar surface area (TPSA) is 68.5 Å². The Hall–Kier alpha value is -3.08. The van der Waals surface area contributed by atoms with Crippen molar-refractivity contribution in [2.75, 3.05) is 12.4 Å². The van der Waals surface area contributed by atoms with Crippen molar-refractivity contribution in [3.8, 4) is 17.1 Å². The predicted octanol–water partition coefficient (Wildman–Crippen LogP) is 4.45. The Morgan fingerprint density at radius 3 is 2.35 bits per heavy atom. The molecule has 0 aliphatic carbocycles. The molecule has 5 nitrogen and oxygen atoms in total. The molecule has 0 aliphatic heterocycles. The zero-order chi connectivity index (χ0) is 18.9. The molecule has 2 aromatic carbocycles. The van der Waals surface area contributed by atoms with Gasteiger partial charge in [0.15, 0.2) is 5.43 Å². The number of ether oxygens (including phenoxy) is 1. The summed E-state index contributed by atoms with van der Waals surface area (Å²) in [7, 11) is 1.55. The summed E-state index contributed by atoms with van der Waals surface area (Å²) < 4.78 is 11.0. The minimum atomic E-state index is -0.467. The van der Waals surface area contributed by atoms with E-state index in [1.54, 1.807) is 37.4 Å². The molecule has 5 heteroatoms. The van der Waals surface area contributed by atoms with Gasteiger partial charge in [0.1, 0.15) is 17.1 Å². The van der Waals surface area contributed by atoms with Crippen molar-refractivity contribution in [2.45, 2.75) is 20.8 Å². The van der Waals surface area contributed by atoms with Crippen LogP contribution in [0.25, 0.3) is 22.3 Å². The van der Waals surface area contributed by atoms with Gasteiger partial charge in [-0.05, 0) is 42.5 Å². The van der Waals surface area contributed by atoms with Crippen LogP contribution in [0.1, 0.15) is 20.8 Å². The quantitative estimate of drug-likeness (QED) is 0.757. The van der Waals surface area contributed by atoms with Crippen molar-refractivity contribution in [1.29, 1.82) is 0 Å². The standard InChI is InChI=1S/C21H21NO4/c1-21(2,3)20(24)22-14-7-5-13(6-8-14)19-12-17(23)16-11-15(25-4)9-10-18(16)26-19/h5-12H,1-4H3,(H,22,24). The van der Waals surface area contributed by atoms with E-state index in [0.717, 1.165) is 5.56 Å². The minimum Gasteiger partial charge on any atom is -0.497 e. The fraction of sp³-hybridized carbons (Fsp3) is 0.238. The van der Waals surface area contributed by atoms with Crippen LogP contribution in [0.15, 0.2) is 57.7 Å². The molecule has 134 valence electrons. The first-order valence-electron chi connectivity index (χ1n) is 8.32. The molecule has 1 aromatic heterocycles. The van der Waals surface area contributed by atoms with Gasteiger partial charge in [-0.25, -0.2) is 0 Å². The van der Waals surface area contributed by atoms with E-state index in [1.807, 2.05) is 32.9 Å². The fourth-order valence-electron chi connectivity index (χ4n) is 2.44. The molecule has 1 heterocycles. The molecule has 0 saturated carbocycles. The highest BCUT2D eigenvalue weighted by Gasteiger charge is 2.21. The summed E-state index contributed by atoms with van der Waals surface area (Å²) in [6.07, 6.45) is 0. The highest BCUT2D eigenvalue weighted by Crippen LogP contribution is 2.26. The largest absolute Gasteiger partial charge is 0.497 e. The molecule has 3 rings (SSSR count). The number of amides is 1. The van der Waals surface area contributed by atoms with Gasteiger partial charge in [-0.15, -0.1) is 0 Å². The summed E-state index contributed by atoms with van der Waals surface area (Å²) in [6, 6.07) is 13.8. The van der Waals surface area contributed by atoms with Crippen LogP contribution in [0.5, 0.6) is 5.75 Å². The van der Waals surface area contributed by atoms with Gasteiger partial charge in [-0.3, -0.25) is 9.59 Å². The van der Waals surface area contributed by atoms with Gasteiger partial charge in [0.05, 0.1) is 12.5 Å². The van der Waals surface area contributed by atoms with E-state index in [2.05, 4.69) is 5.32 Å². The second kappa shape index (κ2) is 6.67. The maximum atomic E-state index is 12.4. The third kappa shape index (κ3) is 3.61. The lowest BCUT2D eigenvalue weighted by atomic mass is 9.95. The Kier molecular flexibility index (Phi) is 4.55. The molecule has 1 N–H and O–H groups in total. The summed E-state index contributed by atoms with van der Waals surface area (Å²) in [5, 5.41) is 3.34. The van der Waals surface area contributed by atoms with E-state index in [0.29, 0.717) is 28.2 Å². The molecule has 0 aliphatic rings. The zero-order valence-corrected chi connectivity index (χ0v) is 15.3. The van der Waals surface area contributed by atoms with Gasteiger partial charge in [-0.2, -0.15) is 0 Å². The number of methoxy groups -OCH3 is 1. The third-order valence-corrected chi connectivity index (χ3v) is 4.04. The monoisotopic (exact) mass is 351 g/mol. The van der Waals surface area contributed by atoms with Crippen LogP contribution in [-0.2, 0) is 4.79 Å². The van der Waals surface area contributed by atoms with Crippen molar-refractivity contribution in [3.63, 3.8) is 0 Å². The van der Waals surface area contributed by atoms with Crippen LogP contribution in [-0.4, -0.2) is 13.0 Å². The Balaban J connectivity index is 1.92. The van der Waals surface area contributed by atoms with E-state index >= 15 is 0 Å². The number of nitrogens with one attached hydrogen (secondary N) is 1. The van der Waals surface area contributed by atoms with Crippen molar-refractivity contribution >= 4 is 22.6 Å². The van der Waals surface area contributed by atoms with Gasteiger partial charge < -0.3 is 14.5 Å². The molecule has 0 unspecified atom stereocenters. The first kappa shape index (κ1) is 17.7. The Bertz CT molecular complexity index is 1010. The second-order valence-electron chi connectivity index (χ2n) is 7.12. The zero-order valence-electron chi connectivity index (χ0n) is 15.3. The summed E-state index contributed by atoms with van der Waals surface area (Å²) in [5.74, 6) is 1.02. The van der Waals surface area contributed by atoms with Crippen LogP contribution in [0.2, 0.25) is 0 Å². The Morgan fingerprint density at radius 2 is 1.73 bits per heavy atom. The van der Waals surface area contributed by atoms with Gasteiger partial charge in [0.2, 0.25) is 5.91 Å². The summed E-state index contributed by atoms with van der Waals surface area (Å²) in [6.45, 7) is 5.57. The first-order valence-corrected chi connectivity index (χ1v) is 8.32. The minimum absolute atomic E-state index is 0.0589. The Labute approximate surface area is 151 Å². The number of fused-ring (bicyclic) bond motifs is 1. The maximum absolute atomic E-state index is 12.4. The summed E-state index contributed by atoms with van der Waals surface area (Å²) in [4.78, 5) is 24.4. The molecule has 26 heavy (non-hydrogen) atoms. The summed E-state index contributed by atoms with van der Waals surface area (Å²) in [5.41, 5.74) is 1.35. The molecule has 0 atom stereocenters. The third-order valence-electron chi connectivity index (χ3n) is 4.04. The number of hydrogen-bond donors (Lipinski definition) is 1. The number of anilines is 1. The van der Waals surface area contributed by atoms with Crippen molar-refractivity contribution in [1.82, 2.24) is 0 Å². The average Bonchev–Trinajstić information content (AvgIpc) is 2.61. The number of carbonyl (C=O) groups excluding carboxylic acids is 1. The van der Waals surface area contributed by atoms with Crippen LogP contribution in [0, 0.1) is 5.41 Å². The van der Waals surface area contributed by atoms with Gasteiger partial charge in [0.25, 0.3) is 0 Å². The molecule has 0 saturated heterocycles. The molecular weight excluding hydrogens is 330 g/mol. The number of carbonyl (C=O) groups is 1.